The highest BCUT2D eigenvalue weighted by Gasteiger charge is 2.51. The number of pyridine rings is 1. The number of hydrogen-bond donors (Lipinski definition) is 1. The second kappa shape index (κ2) is 12.0. The van der Waals surface area contributed by atoms with Crippen molar-refractivity contribution in [3.05, 3.63) is 88.9 Å². The molecule has 9 nitrogen and oxygen atoms in total. The molecular formula is C40H42N6O3S. The first-order valence-electron chi connectivity index (χ1n) is 17.9. The number of esters is 1. The number of amides is 1. The van der Waals surface area contributed by atoms with Crippen LogP contribution in [0.15, 0.2) is 60.8 Å². The van der Waals surface area contributed by atoms with Crippen LogP contribution in [-0.2, 0) is 17.7 Å². The number of anilines is 2. The average molecular weight is 687 g/mol. The summed E-state index contributed by atoms with van der Waals surface area (Å²) in [5.74, 6) is 2.66. The number of nitrogens with zero attached hydrogens (tertiary/aromatic N) is 5. The molecule has 4 fully saturated rings. The van der Waals surface area contributed by atoms with Gasteiger partial charge in [-0.3, -0.25) is 14.8 Å². The van der Waals surface area contributed by atoms with E-state index in [1.54, 1.807) is 0 Å². The lowest BCUT2D eigenvalue weighted by Gasteiger charge is -2.56. The van der Waals surface area contributed by atoms with E-state index in [2.05, 4.69) is 39.8 Å². The third-order valence-electron chi connectivity index (χ3n) is 12.1. The molecule has 1 atom stereocenters. The van der Waals surface area contributed by atoms with Crippen LogP contribution in [0.5, 0.6) is 0 Å². The smallest absolute Gasteiger partial charge is 0.357 e. The summed E-state index contributed by atoms with van der Waals surface area (Å²) in [4.78, 5) is 38.8. The van der Waals surface area contributed by atoms with Gasteiger partial charge in [0.2, 0.25) is 0 Å². The number of benzene rings is 2. The number of aromatic nitrogens is 4. The fourth-order valence-corrected chi connectivity index (χ4v) is 11.1. The van der Waals surface area contributed by atoms with E-state index in [1.165, 1.54) is 57.0 Å². The molecule has 0 saturated heterocycles. The van der Waals surface area contributed by atoms with E-state index < -0.39 is 5.97 Å². The lowest BCUT2D eigenvalue weighted by Crippen LogP contribution is -2.48. The number of methoxy groups -OCH3 is 1. The van der Waals surface area contributed by atoms with Gasteiger partial charge in [0, 0.05) is 35.5 Å². The van der Waals surface area contributed by atoms with Crippen LogP contribution in [0.3, 0.4) is 0 Å². The van der Waals surface area contributed by atoms with Gasteiger partial charge >= 0.3 is 5.97 Å². The zero-order valence-electron chi connectivity index (χ0n) is 28.8. The molecule has 0 radical (unpaired) electrons. The molecule has 4 heterocycles. The molecule has 2 aromatic carbocycles. The van der Waals surface area contributed by atoms with Crippen LogP contribution >= 0.6 is 11.3 Å². The number of ether oxygens (including phenoxy) is 1. The SMILES string of the molecule is COC(=O)c1nc(N2CCc3cccc(C(=O)Nc4nc5ccccc5s4)c3C2C)ccc1-c1cnn(CC23CC4CC(CC(C4)C2)C3)c1C. The van der Waals surface area contributed by atoms with E-state index in [-0.39, 0.29) is 17.6 Å². The molecular weight excluding hydrogens is 645 g/mol. The summed E-state index contributed by atoms with van der Waals surface area (Å²) >= 11 is 1.46. The van der Waals surface area contributed by atoms with Crippen molar-refractivity contribution < 1.29 is 14.3 Å². The number of rotatable bonds is 7. The number of carbonyl (C=O) groups excluding carboxylic acids is 2. The van der Waals surface area contributed by atoms with Gasteiger partial charge in [-0.25, -0.2) is 14.8 Å². The monoisotopic (exact) mass is 686 g/mol. The highest BCUT2D eigenvalue weighted by atomic mass is 32.1. The first-order valence-corrected chi connectivity index (χ1v) is 18.8. The average Bonchev–Trinajstić information content (AvgIpc) is 3.68. The van der Waals surface area contributed by atoms with Crippen molar-refractivity contribution in [2.75, 3.05) is 23.9 Å². The molecule has 4 saturated carbocycles. The Kier molecular flexibility index (Phi) is 7.56. The first-order chi connectivity index (χ1) is 24.3. The van der Waals surface area contributed by atoms with Crippen molar-refractivity contribution >= 4 is 44.4 Å². The normalized spacial score (nSPS) is 25.1. The lowest BCUT2D eigenvalue weighted by atomic mass is 9.49. The van der Waals surface area contributed by atoms with Gasteiger partial charge in [0.05, 0.1) is 29.6 Å². The second-order valence-corrected chi connectivity index (χ2v) is 16.2. The van der Waals surface area contributed by atoms with Crippen molar-refractivity contribution in [1.29, 1.82) is 0 Å². The minimum Gasteiger partial charge on any atom is -0.464 e. The predicted octanol–water partition coefficient (Wildman–Crippen LogP) is 8.24. The summed E-state index contributed by atoms with van der Waals surface area (Å²) in [5, 5.41) is 8.52. The molecule has 256 valence electrons. The second-order valence-electron chi connectivity index (χ2n) is 15.2. The Bertz CT molecular complexity index is 2080. The van der Waals surface area contributed by atoms with Crippen LogP contribution < -0.4 is 10.2 Å². The molecule has 1 unspecified atom stereocenters. The maximum absolute atomic E-state index is 13.7. The van der Waals surface area contributed by atoms with E-state index in [4.69, 9.17) is 14.8 Å². The highest BCUT2D eigenvalue weighted by Crippen LogP contribution is 2.60. The van der Waals surface area contributed by atoms with Crippen molar-refractivity contribution in [3.63, 3.8) is 0 Å². The number of fused-ring (bicyclic) bond motifs is 2. The molecule has 10 heteroatoms. The van der Waals surface area contributed by atoms with Crippen LogP contribution in [0.25, 0.3) is 21.3 Å². The summed E-state index contributed by atoms with van der Waals surface area (Å²) in [6.07, 6.45) is 10.9. The maximum Gasteiger partial charge on any atom is 0.357 e. The molecule has 0 spiro atoms. The Hall–Kier alpha value is -4.57. The highest BCUT2D eigenvalue weighted by molar-refractivity contribution is 7.22. The molecule has 1 amide bonds. The molecule has 5 aliphatic rings. The van der Waals surface area contributed by atoms with Crippen LogP contribution in [0.2, 0.25) is 0 Å². The summed E-state index contributed by atoms with van der Waals surface area (Å²) in [7, 11) is 1.40. The van der Waals surface area contributed by atoms with Crippen molar-refractivity contribution in [2.24, 2.45) is 23.2 Å². The number of carbonyl (C=O) groups is 2. The zero-order chi connectivity index (χ0) is 34.1. The van der Waals surface area contributed by atoms with E-state index in [0.717, 1.165) is 68.9 Å². The molecule has 4 bridgehead atoms. The van der Waals surface area contributed by atoms with Gasteiger partial charge in [0.15, 0.2) is 10.8 Å². The van der Waals surface area contributed by atoms with Gasteiger partial charge in [-0.2, -0.15) is 5.10 Å². The van der Waals surface area contributed by atoms with Gasteiger partial charge in [-0.15, -0.1) is 0 Å². The molecule has 4 aliphatic carbocycles. The third kappa shape index (κ3) is 5.30. The summed E-state index contributed by atoms with van der Waals surface area (Å²) in [6, 6.07) is 17.6. The van der Waals surface area contributed by atoms with Gasteiger partial charge < -0.3 is 9.64 Å². The number of thiazole rings is 1. The van der Waals surface area contributed by atoms with E-state index >= 15 is 0 Å². The third-order valence-corrected chi connectivity index (χ3v) is 13.0. The Morgan fingerprint density at radius 2 is 1.72 bits per heavy atom. The quantitative estimate of drug-likeness (QED) is 0.172. The Morgan fingerprint density at radius 1 is 0.960 bits per heavy atom. The number of nitrogens with one attached hydrogen (secondary N) is 1. The summed E-state index contributed by atoms with van der Waals surface area (Å²) in [6.45, 7) is 5.86. The van der Waals surface area contributed by atoms with Crippen LogP contribution in [0.4, 0.5) is 10.9 Å². The van der Waals surface area contributed by atoms with Gasteiger partial charge in [-0.05, 0) is 123 Å². The topological polar surface area (TPSA) is 102 Å². The van der Waals surface area contributed by atoms with Crippen molar-refractivity contribution in [1.82, 2.24) is 19.7 Å². The van der Waals surface area contributed by atoms with E-state index in [0.29, 0.717) is 28.5 Å². The number of hydrogen-bond acceptors (Lipinski definition) is 8. The Balaban J connectivity index is 1.00. The van der Waals surface area contributed by atoms with Gasteiger partial charge in [0.1, 0.15) is 5.82 Å². The first kappa shape index (κ1) is 31.4. The molecule has 1 N–H and O–H groups in total. The fourth-order valence-electron chi connectivity index (χ4n) is 10.3. The van der Waals surface area contributed by atoms with Crippen LogP contribution in [0, 0.1) is 30.1 Å². The Morgan fingerprint density at radius 3 is 2.46 bits per heavy atom. The molecule has 50 heavy (non-hydrogen) atoms. The van der Waals surface area contributed by atoms with Crippen molar-refractivity contribution in [2.45, 2.75) is 71.4 Å². The molecule has 5 aromatic rings. The van der Waals surface area contributed by atoms with Crippen LogP contribution in [-0.4, -0.2) is 45.3 Å². The standard InChI is InChI=1S/C40H42N6O3S/c1-23-31(21-41-46(23)22-40-18-25-15-26(19-40)17-27(16-25)20-40)29-11-12-34(43-36(29)38(48)49-3)45-14-13-28-7-6-8-30(35(28)24(45)2)37(47)44-39-42-32-9-4-5-10-33(32)50-39/h4-12,21,24-27H,13-20,22H2,1-3H3,(H,42,44,47). The van der Waals surface area contributed by atoms with Crippen LogP contribution in [0.1, 0.15) is 89.2 Å². The maximum atomic E-state index is 13.7. The minimum atomic E-state index is -0.476. The van der Waals surface area contributed by atoms with Crippen molar-refractivity contribution in [3.8, 4) is 11.1 Å². The fraction of sp³-hybridized carbons (Fsp3) is 0.425. The predicted molar refractivity (Wildman–Crippen MR) is 196 cm³/mol. The lowest BCUT2D eigenvalue weighted by molar-refractivity contribution is -0.0638. The molecule has 10 rings (SSSR count). The van der Waals surface area contributed by atoms with E-state index in [9.17, 15) is 9.59 Å². The van der Waals surface area contributed by atoms with Gasteiger partial charge in [0.25, 0.3) is 5.91 Å². The van der Waals surface area contributed by atoms with E-state index in [1.807, 2.05) is 54.7 Å². The number of para-hydroxylation sites is 1. The molecule has 1 aliphatic heterocycles. The molecule has 3 aromatic heterocycles. The zero-order valence-corrected chi connectivity index (χ0v) is 29.6. The largest absolute Gasteiger partial charge is 0.464 e. The van der Waals surface area contributed by atoms with Gasteiger partial charge in [-0.1, -0.05) is 35.6 Å². The summed E-state index contributed by atoms with van der Waals surface area (Å²) < 4.78 is 8.49. The Labute approximate surface area is 296 Å². The summed E-state index contributed by atoms with van der Waals surface area (Å²) in [5.41, 5.74) is 6.92. The minimum absolute atomic E-state index is 0.162.